The largest absolute Gasteiger partial charge is 0.497 e. The molecule has 0 spiro atoms. The SMILES string of the molecule is COc1ccc(-n2ccc(=O)c(C(CC=N)=Nc3ccccc3)n2)cc1. The smallest absolute Gasteiger partial charge is 0.209 e. The fourth-order valence-electron chi connectivity index (χ4n) is 2.44. The minimum Gasteiger partial charge on any atom is -0.497 e. The molecule has 6 nitrogen and oxygen atoms in total. The van der Waals surface area contributed by atoms with Crippen LogP contribution in [0.15, 0.2) is 76.6 Å². The molecule has 0 amide bonds. The Morgan fingerprint density at radius 2 is 1.88 bits per heavy atom. The molecule has 1 aromatic heterocycles. The highest BCUT2D eigenvalue weighted by molar-refractivity contribution is 6.06. The third kappa shape index (κ3) is 3.92. The van der Waals surface area contributed by atoms with Gasteiger partial charge in [-0.15, -0.1) is 0 Å². The van der Waals surface area contributed by atoms with Gasteiger partial charge < -0.3 is 10.1 Å². The minimum absolute atomic E-state index is 0.226. The van der Waals surface area contributed by atoms with Crippen LogP contribution in [0.2, 0.25) is 0 Å². The van der Waals surface area contributed by atoms with E-state index in [-0.39, 0.29) is 17.5 Å². The summed E-state index contributed by atoms with van der Waals surface area (Å²) in [4.78, 5) is 16.9. The Balaban J connectivity index is 2.05. The van der Waals surface area contributed by atoms with Gasteiger partial charge in [0.15, 0.2) is 5.69 Å². The zero-order chi connectivity index (χ0) is 18.4. The van der Waals surface area contributed by atoms with E-state index in [1.807, 2.05) is 54.6 Å². The Kier molecular flexibility index (Phi) is 5.34. The number of rotatable bonds is 6. The topological polar surface area (TPSA) is 80.3 Å². The summed E-state index contributed by atoms with van der Waals surface area (Å²) >= 11 is 0. The third-order valence-corrected chi connectivity index (χ3v) is 3.73. The molecule has 0 saturated heterocycles. The second-order valence-electron chi connectivity index (χ2n) is 5.47. The quantitative estimate of drug-likeness (QED) is 0.695. The lowest BCUT2D eigenvalue weighted by Crippen LogP contribution is -2.21. The predicted octanol–water partition coefficient (Wildman–Crippen LogP) is 3.40. The van der Waals surface area contributed by atoms with Crippen LogP contribution in [0.5, 0.6) is 5.75 Å². The van der Waals surface area contributed by atoms with E-state index < -0.39 is 0 Å². The maximum Gasteiger partial charge on any atom is 0.209 e. The molecule has 1 heterocycles. The summed E-state index contributed by atoms with van der Waals surface area (Å²) in [5, 5.41) is 11.9. The molecule has 0 aliphatic rings. The predicted molar refractivity (Wildman–Crippen MR) is 102 cm³/mol. The van der Waals surface area contributed by atoms with Gasteiger partial charge in [-0.3, -0.25) is 9.79 Å². The van der Waals surface area contributed by atoms with E-state index in [1.165, 1.54) is 12.3 Å². The fourth-order valence-corrected chi connectivity index (χ4v) is 2.44. The summed E-state index contributed by atoms with van der Waals surface area (Å²) < 4.78 is 6.77. The van der Waals surface area contributed by atoms with E-state index in [2.05, 4.69) is 10.1 Å². The lowest BCUT2D eigenvalue weighted by Gasteiger charge is -2.09. The maximum atomic E-state index is 12.4. The van der Waals surface area contributed by atoms with Gasteiger partial charge in [-0.05, 0) is 36.4 Å². The van der Waals surface area contributed by atoms with E-state index in [0.717, 1.165) is 11.4 Å². The first-order chi connectivity index (χ1) is 12.7. The molecular formula is C20H18N4O2. The van der Waals surface area contributed by atoms with Crippen LogP contribution in [-0.2, 0) is 0 Å². The van der Waals surface area contributed by atoms with Crippen LogP contribution in [-0.4, -0.2) is 28.8 Å². The van der Waals surface area contributed by atoms with Gasteiger partial charge in [-0.1, -0.05) is 18.2 Å². The van der Waals surface area contributed by atoms with Crippen LogP contribution in [0.25, 0.3) is 5.69 Å². The van der Waals surface area contributed by atoms with Crippen molar-refractivity contribution < 1.29 is 4.74 Å². The first-order valence-electron chi connectivity index (χ1n) is 8.07. The lowest BCUT2D eigenvalue weighted by molar-refractivity contribution is 0.414. The van der Waals surface area contributed by atoms with Gasteiger partial charge in [0, 0.05) is 24.9 Å². The number of aromatic nitrogens is 2. The average molecular weight is 346 g/mol. The van der Waals surface area contributed by atoms with Crippen molar-refractivity contribution in [3.8, 4) is 11.4 Å². The van der Waals surface area contributed by atoms with Gasteiger partial charge >= 0.3 is 0 Å². The Bertz CT molecular complexity index is 977. The second kappa shape index (κ2) is 8.02. The van der Waals surface area contributed by atoms with Gasteiger partial charge in [0.1, 0.15) is 5.75 Å². The normalized spacial score (nSPS) is 11.2. The Hall–Kier alpha value is -3.54. The van der Waals surface area contributed by atoms with Crippen molar-refractivity contribution in [2.75, 3.05) is 7.11 Å². The Morgan fingerprint density at radius 3 is 2.54 bits per heavy atom. The molecule has 0 atom stereocenters. The van der Waals surface area contributed by atoms with Crippen LogP contribution in [0.1, 0.15) is 12.1 Å². The number of nitrogens with one attached hydrogen (secondary N) is 1. The highest BCUT2D eigenvalue weighted by Gasteiger charge is 2.11. The summed E-state index contributed by atoms with van der Waals surface area (Å²) in [5.41, 5.74) is 1.97. The summed E-state index contributed by atoms with van der Waals surface area (Å²) in [6.45, 7) is 0. The van der Waals surface area contributed by atoms with Crippen LogP contribution in [0.4, 0.5) is 5.69 Å². The van der Waals surface area contributed by atoms with Crippen molar-refractivity contribution in [1.82, 2.24) is 9.78 Å². The summed E-state index contributed by atoms with van der Waals surface area (Å²) in [6.07, 6.45) is 3.05. The first-order valence-corrected chi connectivity index (χ1v) is 8.07. The van der Waals surface area contributed by atoms with Crippen LogP contribution in [0, 0.1) is 5.41 Å². The van der Waals surface area contributed by atoms with Crippen molar-refractivity contribution in [2.45, 2.75) is 6.42 Å². The molecule has 26 heavy (non-hydrogen) atoms. The number of ether oxygens (including phenoxy) is 1. The van der Waals surface area contributed by atoms with E-state index in [1.54, 1.807) is 18.0 Å². The van der Waals surface area contributed by atoms with E-state index >= 15 is 0 Å². The second-order valence-corrected chi connectivity index (χ2v) is 5.47. The van der Waals surface area contributed by atoms with Gasteiger partial charge in [0.25, 0.3) is 0 Å². The molecular weight excluding hydrogens is 328 g/mol. The van der Waals surface area contributed by atoms with Crippen molar-refractivity contribution in [3.05, 3.63) is 82.8 Å². The Morgan fingerprint density at radius 1 is 1.15 bits per heavy atom. The standard InChI is InChI=1S/C20H18N4O2/c1-26-17-9-7-16(8-10-17)24-14-12-19(25)20(23-24)18(11-13-21)22-15-5-3-2-4-6-15/h2-10,12-14,21H,11H2,1H3. The molecule has 0 bridgehead atoms. The average Bonchev–Trinajstić information content (AvgIpc) is 2.69. The van der Waals surface area contributed by atoms with Crippen LogP contribution >= 0.6 is 0 Å². The highest BCUT2D eigenvalue weighted by Crippen LogP contribution is 2.15. The monoisotopic (exact) mass is 346 g/mol. The van der Waals surface area contributed by atoms with Crippen molar-refractivity contribution in [3.63, 3.8) is 0 Å². The first kappa shape index (κ1) is 17.3. The zero-order valence-electron chi connectivity index (χ0n) is 14.3. The van der Waals surface area contributed by atoms with E-state index in [9.17, 15) is 4.79 Å². The van der Waals surface area contributed by atoms with Gasteiger partial charge in [0.05, 0.1) is 24.2 Å². The number of nitrogens with zero attached hydrogens (tertiary/aromatic N) is 3. The van der Waals surface area contributed by atoms with Gasteiger partial charge in [-0.25, -0.2) is 4.68 Å². The molecule has 6 heteroatoms. The zero-order valence-corrected chi connectivity index (χ0v) is 14.3. The van der Waals surface area contributed by atoms with Gasteiger partial charge in [0.2, 0.25) is 5.43 Å². The molecule has 2 aromatic carbocycles. The number of methoxy groups -OCH3 is 1. The molecule has 0 aliphatic carbocycles. The van der Waals surface area contributed by atoms with E-state index in [0.29, 0.717) is 11.4 Å². The maximum absolute atomic E-state index is 12.4. The number of benzene rings is 2. The molecule has 3 rings (SSSR count). The molecule has 1 N–H and O–H groups in total. The molecule has 3 aromatic rings. The van der Waals surface area contributed by atoms with Gasteiger partial charge in [-0.2, -0.15) is 5.10 Å². The number of hydrogen-bond acceptors (Lipinski definition) is 5. The summed E-state index contributed by atoms with van der Waals surface area (Å²) in [5.74, 6) is 0.741. The number of hydrogen-bond donors (Lipinski definition) is 1. The molecule has 0 fully saturated rings. The van der Waals surface area contributed by atoms with E-state index in [4.69, 9.17) is 10.1 Å². The van der Waals surface area contributed by atoms with Crippen molar-refractivity contribution in [1.29, 1.82) is 5.41 Å². The summed E-state index contributed by atoms with van der Waals surface area (Å²) in [6, 6.07) is 18.1. The molecule has 0 saturated carbocycles. The number of para-hydroxylation sites is 1. The van der Waals surface area contributed by atoms with Crippen molar-refractivity contribution >= 4 is 17.6 Å². The van der Waals surface area contributed by atoms with Crippen LogP contribution in [0.3, 0.4) is 0 Å². The highest BCUT2D eigenvalue weighted by atomic mass is 16.5. The molecule has 0 radical (unpaired) electrons. The molecule has 0 aliphatic heterocycles. The fraction of sp³-hybridized carbons (Fsp3) is 0.100. The molecule has 130 valence electrons. The lowest BCUT2D eigenvalue weighted by atomic mass is 10.2. The summed E-state index contributed by atoms with van der Waals surface area (Å²) in [7, 11) is 1.61. The minimum atomic E-state index is -0.230. The van der Waals surface area contributed by atoms with Crippen molar-refractivity contribution in [2.24, 2.45) is 4.99 Å². The third-order valence-electron chi connectivity index (χ3n) is 3.73. The molecule has 0 unspecified atom stereocenters. The van der Waals surface area contributed by atoms with Crippen LogP contribution < -0.4 is 10.2 Å². The number of aliphatic imine (C=N–C) groups is 1. The Labute approximate surface area is 150 Å².